The highest BCUT2D eigenvalue weighted by molar-refractivity contribution is 8.32. The summed E-state index contributed by atoms with van der Waals surface area (Å²) in [6.45, 7) is 1.55. The molecule has 25 heavy (non-hydrogen) atoms. The van der Waals surface area contributed by atoms with Gasteiger partial charge >= 0.3 is 11.3 Å². The molecule has 0 radical (unpaired) electrons. The molecule has 1 aromatic carbocycles. The first-order chi connectivity index (χ1) is 11.8. The van der Waals surface area contributed by atoms with Crippen molar-refractivity contribution in [1.82, 2.24) is 4.90 Å². The molecule has 6 nitrogen and oxygen atoms in total. The summed E-state index contributed by atoms with van der Waals surface area (Å²) in [6, 6.07) is 8.94. The lowest BCUT2D eigenvalue weighted by Crippen LogP contribution is -2.23. The zero-order valence-electron chi connectivity index (χ0n) is 14.3. The first-order valence-corrected chi connectivity index (χ1v) is 10.0. The van der Waals surface area contributed by atoms with Gasteiger partial charge in [0.15, 0.2) is 0 Å². The third kappa shape index (κ3) is 8.46. The van der Waals surface area contributed by atoms with Gasteiger partial charge in [0.25, 0.3) is 0 Å². The van der Waals surface area contributed by atoms with Crippen LogP contribution in [-0.4, -0.2) is 57.8 Å². The SMILES string of the molecule is CC(CS(=O)c1ccccc1)C(=O)OCCOC(=O)SC(=S)N(C)C. The average molecular weight is 404 g/mol. The Bertz CT molecular complexity index is 621. The largest absolute Gasteiger partial charge is 0.462 e. The molecule has 0 fully saturated rings. The Hall–Kier alpha value is -1.45. The molecule has 0 bridgehead atoms. The van der Waals surface area contributed by atoms with E-state index in [1.165, 1.54) is 0 Å². The fourth-order valence-electron chi connectivity index (χ4n) is 1.57. The van der Waals surface area contributed by atoms with Crippen LogP contribution in [0.3, 0.4) is 0 Å². The van der Waals surface area contributed by atoms with Crippen LogP contribution < -0.4 is 0 Å². The van der Waals surface area contributed by atoms with Crippen LogP contribution in [0.4, 0.5) is 4.79 Å². The van der Waals surface area contributed by atoms with Gasteiger partial charge in [0.1, 0.15) is 17.5 Å². The van der Waals surface area contributed by atoms with Crippen LogP contribution in [0.25, 0.3) is 0 Å². The van der Waals surface area contributed by atoms with Gasteiger partial charge in [-0.15, -0.1) is 0 Å². The van der Waals surface area contributed by atoms with Gasteiger partial charge in [0.2, 0.25) is 0 Å². The van der Waals surface area contributed by atoms with Crippen LogP contribution in [-0.2, 0) is 25.1 Å². The molecule has 0 aliphatic rings. The van der Waals surface area contributed by atoms with Gasteiger partial charge < -0.3 is 14.4 Å². The molecule has 0 aliphatic carbocycles. The fourth-order valence-corrected chi connectivity index (χ4v) is 3.48. The second-order valence-corrected chi connectivity index (χ2v) is 8.32. The number of esters is 1. The zero-order valence-corrected chi connectivity index (χ0v) is 16.7. The lowest BCUT2D eigenvalue weighted by molar-refractivity contribution is -0.148. The fraction of sp³-hybridized carbons (Fsp3) is 0.438. The number of carbonyl (C=O) groups excluding carboxylic acids is 2. The predicted molar refractivity (Wildman–Crippen MR) is 103 cm³/mol. The van der Waals surface area contributed by atoms with Gasteiger partial charge in [0, 0.05) is 36.5 Å². The van der Waals surface area contributed by atoms with E-state index in [1.54, 1.807) is 50.2 Å². The number of nitrogens with zero attached hydrogens (tertiary/aromatic N) is 1. The van der Waals surface area contributed by atoms with Crippen LogP contribution in [0, 0.1) is 5.92 Å². The zero-order chi connectivity index (χ0) is 18.8. The van der Waals surface area contributed by atoms with Crippen LogP contribution in [0.1, 0.15) is 6.92 Å². The molecule has 1 rings (SSSR count). The van der Waals surface area contributed by atoms with Gasteiger partial charge in [-0.3, -0.25) is 9.00 Å². The van der Waals surface area contributed by atoms with Crippen molar-refractivity contribution < 1.29 is 23.3 Å². The molecule has 9 heteroatoms. The molecule has 0 saturated heterocycles. The summed E-state index contributed by atoms with van der Waals surface area (Å²) in [5, 5.41) is -0.548. The number of thioether (sulfide) groups is 1. The highest BCUT2D eigenvalue weighted by atomic mass is 32.2. The Morgan fingerprint density at radius 3 is 2.40 bits per heavy atom. The van der Waals surface area contributed by atoms with Crippen molar-refractivity contribution in [2.24, 2.45) is 5.92 Å². The number of carbonyl (C=O) groups is 2. The van der Waals surface area contributed by atoms with Gasteiger partial charge in [-0.2, -0.15) is 0 Å². The van der Waals surface area contributed by atoms with E-state index in [9.17, 15) is 13.8 Å². The minimum absolute atomic E-state index is 0.0534. The van der Waals surface area contributed by atoms with Gasteiger partial charge in [-0.1, -0.05) is 37.3 Å². The van der Waals surface area contributed by atoms with Crippen molar-refractivity contribution in [2.45, 2.75) is 11.8 Å². The summed E-state index contributed by atoms with van der Waals surface area (Å²) in [4.78, 5) is 25.7. The van der Waals surface area contributed by atoms with Crippen molar-refractivity contribution in [1.29, 1.82) is 0 Å². The first-order valence-electron chi connectivity index (χ1n) is 7.47. The third-order valence-electron chi connectivity index (χ3n) is 2.89. The monoisotopic (exact) mass is 403 g/mol. The van der Waals surface area contributed by atoms with Crippen LogP contribution in [0.2, 0.25) is 0 Å². The summed E-state index contributed by atoms with van der Waals surface area (Å²) in [5.41, 5.74) is 0. The first kappa shape index (κ1) is 21.6. The van der Waals surface area contributed by atoms with E-state index in [-0.39, 0.29) is 19.0 Å². The molecule has 1 aromatic rings. The Morgan fingerprint density at radius 1 is 1.20 bits per heavy atom. The molecular weight excluding hydrogens is 382 g/mol. The van der Waals surface area contributed by atoms with E-state index >= 15 is 0 Å². The second kappa shape index (κ2) is 11.2. The summed E-state index contributed by atoms with van der Waals surface area (Å²) < 4.78 is 22.5. The average Bonchev–Trinajstić information content (AvgIpc) is 2.58. The Balaban J connectivity index is 2.26. The predicted octanol–water partition coefficient (Wildman–Crippen LogP) is 2.69. The number of hydrogen-bond donors (Lipinski definition) is 0. The second-order valence-electron chi connectivity index (χ2n) is 5.25. The molecule has 0 amide bonds. The molecule has 2 unspecified atom stereocenters. The Kier molecular flexibility index (Phi) is 9.69. The van der Waals surface area contributed by atoms with Crippen LogP contribution in [0.15, 0.2) is 35.2 Å². The van der Waals surface area contributed by atoms with E-state index in [0.29, 0.717) is 9.22 Å². The molecular formula is C16H21NO5S3. The van der Waals surface area contributed by atoms with Crippen molar-refractivity contribution in [2.75, 3.05) is 33.1 Å². The van der Waals surface area contributed by atoms with Crippen molar-refractivity contribution in [3.05, 3.63) is 30.3 Å². The summed E-state index contributed by atoms with van der Waals surface area (Å²) in [5.74, 6) is -0.820. The van der Waals surface area contributed by atoms with Gasteiger partial charge in [0.05, 0.1) is 16.7 Å². The van der Waals surface area contributed by atoms with Crippen molar-refractivity contribution in [3.63, 3.8) is 0 Å². The number of ether oxygens (including phenoxy) is 2. The van der Waals surface area contributed by atoms with Crippen LogP contribution in [0.5, 0.6) is 0 Å². The van der Waals surface area contributed by atoms with E-state index in [4.69, 9.17) is 21.7 Å². The number of hydrogen-bond acceptors (Lipinski definition) is 7. The molecule has 0 N–H and O–H groups in total. The van der Waals surface area contributed by atoms with Crippen LogP contribution >= 0.6 is 24.0 Å². The van der Waals surface area contributed by atoms with E-state index in [0.717, 1.165) is 11.8 Å². The molecule has 2 atom stereocenters. The number of thiocarbonyl (C=S) groups is 1. The highest BCUT2D eigenvalue weighted by Gasteiger charge is 2.19. The number of rotatable bonds is 7. The maximum absolute atomic E-state index is 12.2. The lowest BCUT2D eigenvalue weighted by atomic mass is 10.2. The molecule has 0 heterocycles. The smallest absolute Gasteiger partial charge is 0.374 e. The van der Waals surface area contributed by atoms with E-state index in [1.807, 2.05) is 6.07 Å². The molecule has 0 spiro atoms. The summed E-state index contributed by atoms with van der Waals surface area (Å²) in [6.07, 6.45) is 0. The van der Waals surface area contributed by atoms with Gasteiger partial charge in [-0.25, -0.2) is 4.79 Å². The molecule has 0 saturated carbocycles. The quantitative estimate of drug-likeness (QED) is 0.391. The Labute approximate surface area is 159 Å². The molecule has 0 aromatic heterocycles. The maximum Gasteiger partial charge on any atom is 0.374 e. The minimum atomic E-state index is -1.27. The summed E-state index contributed by atoms with van der Waals surface area (Å²) in [7, 11) is 2.19. The normalized spacial score (nSPS) is 12.8. The minimum Gasteiger partial charge on any atom is -0.462 e. The van der Waals surface area contributed by atoms with Gasteiger partial charge in [-0.05, 0) is 12.1 Å². The summed E-state index contributed by atoms with van der Waals surface area (Å²) >= 11 is 5.76. The standard InChI is InChI=1S/C16H21NO5S3/c1-12(11-25(20)13-7-5-4-6-8-13)14(18)21-9-10-22-16(19)24-15(23)17(2)3/h4-8,12H,9-11H2,1-3H3. The maximum atomic E-state index is 12.2. The molecule has 0 aliphatic heterocycles. The third-order valence-corrected chi connectivity index (χ3v) is 5.93. The Morgan fingerprint density at radius 2 is 1.80 bits per heavy atom. The highest BCUT2D eigenvalue weighted by Crippen LogP contribution is 2.12. The topological polar surface area (TPSA) is 72.9 Å². The van der Waals surface area contributed by atoms with E-state index < -0.39 is 28.0 Å². The van der Waals surface area contributed by atoms with Crippen molar-refractivity contribution >= 4 is 50.4 Å². The van der Waals surface area contributed by atoms with Crippen molar-refractivity contribution in [3.8, 4) is 0 Å². The lowest BCUT2D eigenvalue weighted by Gasteiger charge is -2.13. The number of benzene rings is 1. The van der Waals surface area contributed by atoms with E-state index in [2.05, 4.69) is 0 Å². The molecule has 138 valence electrons.